The Labute approximate surface area is 186 Å². The Hall–Kier alpha value is -3.48. The summed E-state index contributed by atoms with van der Waals surface area (Å²) < 4.78 is 0. The third-order valence-corrected chi connectivity index (χ3v) is 6.34. The highest BCUT2D eigenvalue weighted by Crippen LogP contribution is 2.37. The average Bonchev–Trinajstić information content (AvgIpc) is 3.29. The van der Waals surface area contributed by atoms with Crippen LogP contribution in [0.2, 0.25) is 0 Å². The molecular formula is C25H26N4O3. The number of hydrogen-bond acceptors (Lipinski definition) is 5. The van der Waals surface area contributed by atoms with E-state index in [1.807, 2.05) is 36.4 Å². The van der Waals surface area contributed by atoms with Crippen LogP contribution in [0.25, 0.3) is 16.7 Å². The van der Waals surface area contributed by atoms with E-state index in [1.165, 1.54) is 9.70 Å². The fraction of sp³-hybridized carbons (Fsp3) is 0.360. The molecule has 5 rings (SSSR count). The van der Waals surface area contributed by atoms with Crippen molar-refractivity contribution in [2.45, 2.75) is 58.4 Å². The van der Waals surface area contributed by atoms with Crippen LogP contribution in [0.15, 0.2) is 47.5 Å². The van der Waals surface area contributed by atoms with Gasteiger partial charge in [0.1, 0.15) is 22.5 Å². The Bertz CT molecular complexity index is 1240. The Kier molecular flexibility index (Phi) is 4.65. The highest BCUT2D eigenvalue weighted by molar-refractivity contribution is 6.19. The number of amides is 2. The predicted octanol–water partition coefficient (Wildman–Crippen LogP) is 4.16. The standard InChI is InChI=1S/C25H26N4O3/c1-25(2,3)16-12-15(14-28-23(31)17-8-4-5-9-18(17)24(28)32)22(30)21(13-16)29-26-19-10-6-7-11-20(19)27-29/h6-7,10-13,30H,4-5,8-9,14H2,1-3H3. The first-order chi connectivity index (χ1) is 15.2. The quantitative estimate of drug-likeness (QED) is 0.630. The van der Waals surface area contributed by atoms with Crippen LogP contribution in [0.4, 0.5) is 0 Å². The van der Waals surface area contributed by atoms with Crippen molar-refractivity contribution in [3.63, 3.8) is 0 Å². The zero-order valence-corrected chi connectivity index (χ0v) is 18.6. The van der Waals surface area contributed by atoms with E-state index in [9.17, 15) is 14.7 Å². The topological polar surface area (TPSA) is 88.3 Å². The molecule has 0 atom stereocenters. The molecule has 1 aliphatic carbocycles. The molecule has 2 heterocycles. The molecule has 0 saturated heterocycles. The summed E-state index contributed by atoms with van der Waals surface area (Å²) in [5.41, 5.74) is 4.41. The van der Waals surface area contributed by atoms with E-state index in [4.69, 9.17) is 0 Å². The van der Waals surface area contributed by atoms with E-state index in [0.29, 0.717) is 35.2 Å². The van der Waals surface area contributed by atoms with Crippen LogP contribution in [0.1, 0.15) is 57.6 Å². The van der Waals surface area contributed by atoms with Gasteiger partial charge in [0.15, 0.2) is 0 Å². The number of phenolic OH excluding ortho intramolecular Hbond substituents is 1. The van der Waals surface area contributed by atoms with Crippen LogP contribution in [-0.4, -0.2) is 36.8 Å². The summed E-state index contributed by atoms with van der Waals surface area (Å²) in [7, 11) is 0. The van der Waals surface area contributed by atoms with E-state index in [1.54, 1.807) is 0 Å². The minimum Gasteiger partial charge on any atom is -0.505 e. The van der Waals surface area contributed by atoms with Crippen molar-refractivity contribution >= 4 is 22.8 Å². The van der Waals surface area contributed by atoms with Gasteiger partial charge in [-0.25, -0.2) is 0 Å². The first-order valence-electron chi connectivity index (χ1n) is 11.0. The van der Waals surface area contributed by atoms with Gasteiger partial charge in [-0.15, -0.1) is 15.0 Å². The SMILES string of the molecule is CC(C)(C)c1cc(CN2C(=O)C3=C(CCCC3)C2=O)c(O)c(-n2nc3ccccc3n2)c1. The van der Waals surface area contributed by atoms with Crippen molar-refractivity contribution in [3.8, 4) is 11.4 Å². The van der Waals surface area contributed by atoms with Gasteiger partial charge in [0.2, 0.25) is 0 Å². The van der Waals surface area contributed by atoms with Crippen LogP contribution >= 0.6 is 0 Å². The van der Waals surface area contributed by atoms with Crippen molar-refractivity contribution in [2.75, 3.05) is 0 Å². The number of imide groups is 1. The van der Waals surface area contributed by atoms with Crippen LogP contribution in [-0.2, 0) is 21.5 Å². The summed E-state index contributed by atoms with van der Waals surface area (Å²) in [6.07, 6.45) is 3.16. The van der Waals surface area contributed by atoms with Gasteiger partial charge in [0.05, 0.1) is 6.54 Å². The normalized spacial score (nSPS) is 16.9. The molecule has 2 aliphatic rings. The van der Waals surface area contributed by atoms with Crippen LogP contribution in [0, 0.1) is 0 Å². The Morgan fingerprint density at radius 3 is 2.03 bits per heavy atom. The molecule has 0 spiro atoms. The van der Waals surface area contributed by atoms with E-state index in [0.717, 1.165) is 29.4 Å². The maximum absolute atomic E-state index is 13.0. The molecule has 0 radical (unpaired) electrons. The van der Waals surface area contributed by atoms with E-state index >= 15 is 0 Å². The summed E-state index contributed by atoms with van der Waals surface area (Å²) in [6, 6.07) is 11.2. The van der Waals surface area contributed by atoms with Gasteiger partial charge in [-0.05, 0) is 60.9 Å². The lowest BCUT2D eigenvalue weighted by Crippen LogP contribution is -2.31. The minimum atomic E-state index is -0.227. The lowest BCUT2D eigenvalue weighted by Gasteiger charge is -2.23. The first kappa shape index (κ1) is 20.4. The largest absolute Gasteiger partial charge is 0.505 e. The fourth-order valence-corrected chi connectivity index (χ4v) is 4.46. The summed E-state index contributed by atoms with van der Waals surface area (Å²) in [5, 5.41) is 20.2. The molecular weight excluding hydrogens is 404 g/mol. The smallest absolute Gasteiger partial charge is 0.257 e. The van der Waals surface area contributed by atoms with Crippen molar-refractivity contribution in [1.29, 1.82) is 0 Å². The van der Waals surface area contributed by atoms with E-state index < -0.39 is 0 Å². The van der Waals surface area contributed by atoms with Crippen molar-refractivity contribution < 1.29 is 14.7 Å². The van der Waals surface area contributed by atoms with Crippen LogP contribution in [0.3, 0.4) is 0 Å². The zero-order valence-electron chi connectivity index (χ0n) is 18.6. The molecule has 3 aromatic rings. The van der Waals surface area contributed by atoms with Gasteiger partial charge in [0, 0.05) is 16.7 Å². The summed E-state index contributed by atoms with van der Waals surface area (Å²) in [5.74, 6) is -0.478. The summed E-state index contributed by atoms with van der Waals surface area (Å²) in [6.45, 7) is 6.25. The maximum atomic E-state index is 13.0. The lowest BCUT2D eigenvalue weighted by atomic mass is 9.85. The predicted molar refractivity (Wildman–Crippen MR) is 120 cm³/mol. The lowest BCUT2D eigenvalue weighted by molar-refractivity contribution is -0.138. The van der Waals surface area contributed by atoms with Gasteiger partial charge in [0.25, 0.3) is 11.8 Å². The summed E-state index contributed by atoms with van der Waals surface area (Å²) >= 11 is 0. The molecule has 0 unspecified atom stereocenters. The van der Waals surface area contributed by atoms with Crippen LogP contribution in [0.5, 0.6) is 5.75 Å². The number of hydrogen-bond donors (Lipinski definition) is 1. The molecule has 164 valence electrons. The molecule has 2 amide bonds. The number of aromatic hydroxyl groups is 1. The van der Waals surface area contributed by atoms with E-state index in [-0.39, 0.29) is 29.5 Å². The summed E-state index contributed by atoms with van der Waals surface area (Å²) in [4.78, 5) is 28.6. The second-order valence-electron chi connectivity index (χ2n) is 9.59. The first-order valence-corrected chi connectivity index (χ1v) is 11.0. The van der Waals surface area contributed by atoms with E-state index in [2.05, 4.69) is 31.0 Å². The molecule has 0 bridgehead atoms. The molecule has 32 heavy (non-hydrogen) atoms. The highest BCUT2D eigenvalue weighted by Gasteiger charge is 2.39. The van der Waals surface area contributed by atoms with Gasteiger partial charge in [-0.1, -0.05) is 32.9 Å². The second-order valence-corrected chi connectivity index (χ2v) is 9.59. The monoisotopic (exact) mass is 430 g/mol. The Morgan fingerprint density at radius 1 is 0.938 bits per heavy atom. The average molecular weight is 431 g/mol. The number of nitrogens with zero attached hydrogens (tertiary/aromatic N) is 4. The number of carbonyl (C=O) groups is 2. The van der Waals surface area contributed by atoms with Crippen LogP contribution < -0.4 is 0 Å². The molecule has 0 saturated carbocycles. The molecule has 1 N–H and O–H groups in total. The van der Waals surface area contributed by atoms with Gasteiger partial charge >= 0.3 is 0 Å². The number of phenols is 1. The number of rotatable bonds is 3. The van der Waals surface area contributed by atoms with Crippen molar-refractivity contribution in [2.24, 2.45) is 0 Å². The number of carbonyl (C=O) groups excluding carboxylic acids is 2. The Balaban J connectivity index is 1.59. The number of fused-ring (bicyclic) bond motifs is 1. The molecule has 2 aromatic carbocycles. The highest BCUT2D eigenvalue weighted by atomic mass is 16.3. The minimum absolute atomic E-state index is 0.0220. The van der Waals surface area contributed by atoms with Gasteiger partial charge < -0.3 is 5.11 Å². The molecule has 7 nitrogen and oxygen atoms in total. The number of benzene rings is 2. The zero-order chi connectivity index (χ0) is 22.6. The van der Waals surface area contributed by atoms with Gasteiger partial charge in [-0.3, -0.25) is 14.5 Å². The third kappa shape index (κ3) is 3.28. The fourth-order valence-electron chi connectivity index (χ4n) is 4.46. The van der Waals surface area contributed by atoms with Gasteiger partial charge in [-0.2, -0.15) is 0 Å². The third-order valence-electron chi connectivity index (χ3n) is 6.34. The molecule has 1 aliphatic heterocycles. The molecule has 7 heteroatoms. The van der Waals surface area contributed by atoms with Crippen molar-refractivity contribution in [3.05, 3.63) is 58.7 Å². The van der Waals surface area contributed by atoms with Crippen molar-refractivity contribution in [1.82, 2.24) is 19.9 Å². The number of aromatic nitrogens is 3. The Morgan fingerprint density at radius 2 is 1.50 bits per heavy atom. The maximum Gasteiger partial charge on any atom is 0.257 e. The second kappa shape index (κ2) is 7.29. The molecule has 1 aromatic heterocycles. The molecule has 0 fully saturated rings.